The molecule has 0 unspecified atom stereocenters. The van der Waals surface area contributed by atoms with Crippen LogP contribution >= 0.6 is 11.3 Å². The fourth-order valence-electron chi connectivity index (χ4n) is 2.94. The number of rotatable bonds is 5. The Hall–Kier alpha value is -2.60. The van der Waals surface area contributed by atoms with E-state index in [1.54, 1.807) is 17.7 Å². The second-order valence-electron chi connectivity index (χ2n) is 5.99. The molecule has 1 fully saturated rings. The molecule has 1 saturated carbocycles. The fourth-order valence-corrected chi connectivity index (χ4v) is 3.70. The van der Waals surface area contributed by atoms with Gasteiger partial charge in [-0.2, -0.15) is 0 Å². The molecule has 25 heavy (non-hydrogen) atoms. The minimum absolute atomic E-state index is 0.239. The number of nitrogens with zero attached hydrogens (tertiary/aromatic N) is 1. The van der Waals surface area contributed by atoms with Crippen molar-refractivity contribution in [2.24, 2.45) is 0 Å². The number of anilines is 1. The second kappa shape index (κ2) is 7.11. The van der Waals surface area contributed by atoms with Gasteiger partial charge in [0.25, 0.3) is 5.91 Å². The molecule has 3 aromatic rings. The highest BCUT2D eigenvalue weighted by molar-refractivity contribution is 7.13. The van der Waals surface area contributed by atoms with Gasteiger partial charge in [0.2, 0.25) is 0 Å². The number of hydrogen-bond donors (Lipinski definition) is 1. The summed E-state index contributed by atoms with van der Waals surface area (Å²) < 4.78 is 11.4. The zero-order valence-corrected chi connectivity index (χ0v) is 14.4. The summed E-state index contributed by atoms with van der Waals surface area (Å²) >= 11 is 1.38. The summed E-state index contributed by atoms with van der Waals surface area (Å²) in [6.07, 6.45) is 6.37. The van der Waals surface area contributed by atoms with E-state index in [-0.39, 0.29) is 12.0 Å². The third-order valence-corrected chi connectivity index (χ3v) is 5.06. The first kappa shape index (κ1) is 15.9. The number of amides is 1. The van der Waals surface area contributed by atoms with E-state index in [4.69, 9.17) is 9.15 Å². The van der Waals surface area contributed by atoms with Crippen molar-refractivity contribution in [2.45, 2.75) is 31.8 Å². The van der Waals surface area contributed by atoms with E-state index >= 15 is 0 Å². The Morgan fingerprint density at radius 1 is 1.20 bits per heavy atom. The van der Waals surface area contributed by atoms with Crippen LogP contribution in [0.15, 0.2) is 52.5 Å². The van der Waals surface area contributed by atoms with Crippen molar-refractivity contribution >= 4 is 22.9 Å². The van der Waals surface area contributed by atoms with Gasteiger partial charge in [-0.15, -0.1) is 11.3 Å². The number of hydrogen-bond acceptors (Lipinski definition) is 5. The third kappa shape index (κ3) is 3.58. The predicted molar refractivity (Wildman–Crippen MR) is 97.1 cm³/mol. The van der Waals surface area contributed by atoms with Crippen molar-refractivity contribution in [1.82, 2.24) is 4.98 Å². The van der Waals surface area contributed by atoms with Gasteiger partial charge >= 0.3 is 0 Å². The molecule has 2 aromatic heterocycles. The maximum absolute atomic E-state index is 12.5. The Balaban J connectivity index is 1.49. The normalized spacial score (nSPS) is 14.6. The van der Waals surface area contributed by atoms with Gasteiger partial charge in [-0.3, -0.25) is 4.79 Å². The summed E-state index contributed by atoms with van der Waals surface area (Å²) in [7, 11) is 0. The summed E-state index contributed by atoms with van der Waals surface area (Å²) in [4.78, 5) is 16.9. The van der Waals surface area contributed by atoms with E-state index in [0.717, 1.165) is 12.8 Å². The molecule has 5 nitrogen and oxygen atoms in total. The minimum Gasteiger partial charge on any atom is -0.488 e. The quantitative estimate of drug-likeness (QED) is 0.702. The van der Waals surface area contributed by atoms with E-state index < -0.39 is 0 Å². The van der Waals surface area contributed by atoms with Crippen LogP contribution in [-0.4, -0.2) is 17.0 Å². The van der Waals surface area contributed by atoms with Gasteiger partial charge < -0.3 is 14.5 Å². The van der Waals surface area contributed by atoms with Crippen LogP contribution in [0.25, 0.3) is 10.8 Å². The van der Waals surface area contributed by atoms with Crippen LogP contribution in [0.3, 0.4) is 0 Å². The van der Waals surface area contributed by atoms with Crippen LogP contribution < -0.4 is 10.1 Å². The van der Waals surface area contributed by atoms with E-state index in [2.05, 4.69) is 10.3 Å². The first-order chi connectivity index (χ1) is 12.3. The highest BCUT2D eigenvalue weighted by Gasteiger charge is 2.19. The Bertz CT molecular complexity index is 851. The average molecular weight is 354 g/mol. The molecule has 1 N–H and O–H groups in total. The van der Waals surface area contributed by atoms with Gasteiger partial charge in [-0.25, -0.2) is 4.98 Å². The van der Waals surface area contributed by atoms with Crippen molar-refractivity contribution < 1.29 is 13.9 Å². The van der Waals surface area contributed by atoms with Crippen molar-refractivity contribution in [2.75, 3.05) is 5.32 Å². The number of ether oxygens (including phenoxy) is 1. The molecule has 128 valence electrons. The highest BCUT2D eigenvalue weighted by Crippen LogP contribution is 2.30. The monoisotopic (exact) mass is 354 g/mol. The Kier molecular flexibility index (Phi) is 4.52. The van der Waals surface area contributed by atoms with E-state index in [9.17, 15) is 4.79 Å². The van der Waals surface area contributed by atoms with E-state index in [1.165, 1.54) is 24.2 Å². The number of furan rings is 1. The molecule has 0 aliphatic heterocycles. The molecular formula is C19H18N2O3S. The average Bonchev–Trinajstić information content (AvgIpc) is 3.38. The molecule has 0 radical (unpaired) electrons. The maximum Gasteiger partial charge on any atom is 0.275 e. The minimum atomic E-state index is -0.253. The molecule has 1 aliphatic rings. The molecule has 1 aliphatic carbocycles. The molecule has 4 rings (SSSR count). The molecule has 0 atom stereocenters. The van der Waals surface area contributed by atoms with Gasteiger partial charge in [0, 0.05) is 5.38 Å². The summed E-state index contributed by atoms with van der Waals surface area (Å²) in [6, 6.07) is 11.2. The Labute approximate surface area is 149 Å². The van der Waals surface area contributed by atoms with Crippen molar-refractivity contribution in [3.05, 3.63) is 53.7 Å². The van der Waals surface area contributed by atoms with Crippen LogP contribution in [0, 0.1) is 0 Å². The molecule has 1 amide bonds. The van der Waals surface area contributed by atoms with Crippen LogP contribution in [0.4, 0.5) is 5.69 Å². The zero-order chi connectivity index (χ0) is 17.1. The molecule has 0 spiro atoms. The molecule has 6 heteroatoms. The second-order valence-corrected chi connectivity index (χ2v) is 6.85. The third-order valence-electron chi connectivity index (χ3n) is 4.20. The maximum atomic E-state index is 12.5. The topological polar surface area (TPSA) is 64.4 Å². The number of carbonyl (C=O) groups excluding carboxylic acids is 1. The van der Waals surface area contributed by atoms with Crippen LogP contribution in [0.1, 0.15) is 36.2 Å². The Morgan fingerprint density at radius 3 is 2.84 bits per heavy atom. The fraction of sp³-hybridized carbons (Fsp3) is 0.263. The SMILES string of the molecule is O=C(Nc1ccccc1OC1CCCC1)c1csc(-c2ccco2)n1. The molecule has 1 aromatic carbocycles. The lowest BCUT2D eigenvalue weighted by atomic mass is 10.2. The summed E-state index contributed by atoms with van der Waals surface area (Å²) in [6.45, 7) is 0. The lowest BCUT2D eigenvalue weighted by Crippen LogP contribution is -2.16. The lowest BCUT2D eigenvalue weighted by molar-refractivity contribution is 0.102. The molecule has 2 heterocycles. The van der Waals surface area contributed by atoms with Gasteiger partial charge in [0.05, 0.1) is 18.1 Å². The first-order valence-corrected chi connectivity index (χ1v) is 9.24. The van der Waals surface area contributed by atoms with Crippen LogP contribution in [0.2, 0.25) is 0 Å². The summed E-state index contributed by atoms with van der Waals surface area (Å²) in [5.41, 5.74) is 1.04. The number of aromatic nitrogens is 1. The smallest absolute Gasteiger partial charge is 0.275 e. The van der Waals surface area contributed by atoms with Gasteiger partial charge in [0.15, 0.2) is 10.8 Å². The number of thiazole rings is 1. The van der Waals surface area contributed by atoms with E-state index in [0.29, 0.717) is 27.9 Å². The molecule has 0 bridgehead atoms. The predicted octanol–water partition coefficient (Wildman–Crippen LogP) is 4.98. The number of benzene rings is 1. The van der Waals surface area contributed by atoms with Crippen molar-refractivity contribution in [3.63, 3.8) is 0 Å². The first-order valence-electron chi connectivity index (χ1n) is 8.36. The summed E-state index contributed by atoms with van der Waals surface area (Å²) in [5, 5.41) is 5.32. The van der Waals surface area contributed by atoms with Gasteiger partial charge in [-0.05, 0) is 49.9 Å². The Morgan fingerprint density at radius 2 is 2.04 bits per heavy atom. The van der Waals surface area contributed by atoms with Crippen LogP contribution in [-0.2, 0) is 0 Å². The van der Waals surface area contributed by atoms with Crippen LogP contribution in [0.5, 0.6) is 5.75 Å². The number of nitrogens with one attached hydrogen (secondary N) is 1. The summed E-state index contributed by atoms with van der Waals surface area (Å²) in [5.74, 6) is 1.12. The molecular weight excluding hydrogens is 336 g/mol. The number of carbonyl (C=O) groups is 1. The lowest BCUT2D eigenvalue weighted by Gasteiger charge is -2.16. The van der Waals surface area contributed by atoms with Crippen molar-refractivity contribution in [1.29, 1.82) is 0 Å². The van der Waals surface area contributed by atoms with E-state index in [1.807, 2.05) is 30.3 Å². The van der Waals surface area contributed by atoms with Gasteiger partial charge in [0.1, 0.15) is 11.4 Å². The largest absolute Gasteiger partial charge is 0.488 e. The zero-order valence-electron chi connectivity index (χ0n) is 13.6. The standard InChI is InChI=1S/C19H18N2O3S/c22-18(15-12-25-19(21-15)17-10-5-11-23-17)20-14-8-3-4-9-16(14)24-13-6-1-2-7-13/h3-5,8-13H,1-2,6-7H2,(H,20,22). The highest BCUT2D eigenvalue weighted by atomic mass is 32.1. The van der Waals surface area contributed by atoms with Gasteiger partial charge in [-0.1, -0.05) is 12.1 Å². The van der Waals surface area contributed by atoms with Crippen molar-refractivity contribution in [3.8, 4) is 16.5 Å². The molecule has 0 saturated heterocycles. The number of para-hydroxylation sites is 2.